The van der Waals surface area contributed by atoms with Gasteiger partial charge in [-0.3, -0.25) is 9.59 Å². The number of nitrogens with two attached hydrogens (primary N) is 1. The summed E-state index contributed by atoms with van der Waals surface area (Å²) in [5.74, 6) is 5.35. The molecule has 1 aliphatic rings. The number of primary amides is 1. The van der Waals surface area contributed by atoms with E-state index in [1.165, 1.54) is 11.3 Å². The van der Waals surface area contributed by atoms with E-state index in [0.717, 1.165) is 12.8 Å². The van der Waals surface area contributed by atoms with E-state index in [4.69, 9.17) is 10.8 Å². The average Bonchev–Trinajstić information content (AvgIpc) is 2.93. The summed E-state index contributed by atoms with van der Waals surface area (Å²) in [5.41, 5.74) is 5.87. The van der Waals surface area contributed by atoms with Crippen LogP contribution in [-0.4, -0.2) is 41.5 Å². The SMILES string of the molecule is NC(=O)CC1CCN(C(=O)c2sccc2C#CCO)CC1. The number of piperidine rings is 1. The molecule has 1 aromatic heterocycles. The first kappa shape index (κ1) is 15.5. The molecule has 5 nitrogen and oxygen atoms in total. The van der Waals surface area contributed by atoms with Crippen molar-refractivity contribution < 1.29 is 14.7 Å². The van der Waals surface area contributed by atoms with Crippen LogP contribution in [0.25, 0.3) is 0 Å². The minimum absolute atomic E-state index is 0.0234. The Morgan fingerprint density at radius 2 is 2.14 bits per heavy atom. The zero-order valence-electron chi connectivity index (χ0n) is 11.7. The maximum atomic E-state index is 12.5. The number of carbonyl (C=O) groups excluding carboxylic acids is 2. The minimum atomic E-state index is -0.278. The molecule has 0 saturated carbocycles. The molecule has 2 heterocycles. The van der Waals surface area contributed by atoms with Crippen molar-refractivity contribution in [3.05, 3.63) is 21.9 Å². The van der Waals surface area contributed by atoms with E-state index in [-0.39, 0.29) is 24.3 Å². The van der Waals surface area contributed by atoms with Gasteiger partial charge in [-0.25, -0.2) is 0 Å². The van der Waals surface area contributed by atoms with Gasteiger partial charge >= 0.3 is 0 Å². The van der Waals surface area contributed by atoms with Gasteiger partial charge in [0.05, 0.1) is 0 Å². The van der Waals surface area contributed by atoms with E-state index in [9.17, 15) is 9.59 Å². The Balaban J connectivity index is 1.99. The van der Waals surface area contributed by atoms with E-state index in [2.05, 4.69) is 11.8 Å². The highest BCUT2D eigenvalue weighted by atomic mass is 32.1. The summed E-state index contributed by atoms with van der Waals surface area (Å²) < 4.78 is 0. The zero-order valence-corrected chi connectivity index (χ0v) is 12.5. The highest BCUT2D eigenvalue weighted by molar-refractivity contribution is 7.12. The fraction of sp³-hybridized carbons (Fsp3) is 0.467. The maximum Gasteiger partial charge on any atom is 0.265 e. The third-order valence-corrected chi connectivity index (χ3v) is 4.46. The summed E-state index contributed by atoms with van der Waals surface area (Å²) in [6, 6.07) is 1.79. The Kier molecular flexibility index (Phi) is 5.37. The topological polar surface area (TPSA) is 83.6 Å². The van der Waals surface area contributed by atoms with E-state index in [1.807, 2.05) is 5.38 Å². The number of carbonyl (C=O) groups is 2. The molecule has 0 radical (unpaired) electrons. The van der Waals surface area contributed by atoms with E-state index >= 15 is 0 Å². The molecule has 1 fully saturated rings. The number of hydrogen-bond donors (Lipinski definition) is 2. The first-order valence-corrected chi connectivity index (χ1v) is 7.74. The molecule has 2 amide bonds. The molecule has 21 heavy (non-hydrogen) atoms. The van der Waals surface area contributed by atoms with Crippen molar-refractivity contribution in [2.45, 2.75) is 19.3 Å². The van der Waals surface area contributed by atoms with E-state index in [1.54, 1.807) is 11.0 Å². The van der Waals surface area contributed by atoms with Crippen molar-refractivity contribution in [2.24, 2.45) is 11.7 Å². The van der Waals surface area contributed by atoms with Gasteiger partial charge in [0.15, 0.2) is 0 Å². The number of thiophene rings is 1. The van der Waals surface area contributed by atoms with Crippen molar-refractivity contribution in [1.29, 1.82) is 0 Å². The van der Waals surface area contributed by atoms with Crippen LogP contribution in [0, 0.1) is 17.8 Å². The number of nitrogens with zero attached hydrogens (tertiary/aromatic N) is 1. The molecule has 6 heteroatoms. The minimum Gasteiger partial charge on any atom is -0.384 e. The van der Waals surface area contributed by atoms with Crippen molar-refractivity contribution in [3.8, 4) is 11.8 Å². The molecule has 0 aliphatic carbocycles. The van der Waals surface area contributed by atoms with Crippen LogP contribution in [0.5, 0.6) is 0 Å². The number of aliphatic hydroxyl groups is 1. The quantitative estimate of drug-likeness (QED) is 0.811. The van der Waals surface area contributed by atoms with Crippen LogP contribution in [0.4, 0.5) is 0 Å². The van der Waals surface area contributed by atoms with Gasteiger partial charge in [0, 0.05) is 25.1 Å². The lowest BCUT2D eigenvalue weighted by molar-refractivity contribution is -0.119. The Bertz CT molecular complexity index is 577. The van der Waals surface area contributed by atoms with Crippen LogP contribution in [-0.2, 0) is 4.79 Å². The third-order valence-electron chi connectivity index (χ3n) is 3.55. The van der Waals surface area contributed by atoms with Gasteiger partial charge in [-0.1, -0.05) is 11.8 Å². The maximum absolute atomic E-state index is 12.5. The zero-order chi connectivity index (χ0) is 15.2. The first-order valence-electron chi connectivity index (χ1n) is 6.86. The number of aliphatic hydroxyl groups excluding tert-OH is 1. The Labute approximate surface area is 127 Å². The second kappa shape index (κ2) is 7.25. The van der Waals surface area contributed by atoms with Gasteiger partial charge in [0.1, 0.15) is 11.5 Å². The van der Waals surface area contributed by atoms with Gasteiger partial charge in [-0.2, -0.15) is 0 Å². The van der Waals surface area contributed by atoms with Gasteiger partial charge < -0.3 is 15.7 Å². The van der Waals surface area contributed by atoms with Crippen LogP contribution in [0.15, 0.2) is 11.4 Å². The summed E-state index contributed by atoms with van der Waals surface area (Å²) in [6.07, 6.45) is 2.00. The van der Waals surface area contributed by atoms with Crippen molar-refractivity contribution >= 4 is 23.2 Å². The van der Waals surface area contributed by atoms with Crippen molar-refractivity contribution in [2.75, 3.05) is 19.7 Å². The molecule has 0 spiro atoms. The van der Waals surface area contributed by atoms with Gasteiger partial charge in [0.25, 0.3) is 5.91 Å². The molecule has 0 atom stereocenters. The lowest BCUT2D eigenvalue weighted by atomic mass is 9.93. The number of rotatable bonds is 3. The van der Waals surface area contributed by atoms with Crippen LogP contribution in [0.2, 0.25) is 0 Å². The number of hydrogen-bond acceptors (Lipinski definition) is 4. The molecule has 1 saturated heterocycles. The predicted octanol–water partition coefficient (Wildman–Crippen LogP) is 0.819. The molecular weight excluding hydrogens is 288 g/mol. The molecule has 0 bridgehead atoms. The van der Waals surface area contributed by atoms with Crippen LogP contribution in [0.3, 0.4) is 0 Å². The fourth-order valence-electron chi connectivity index (χ4n) is 2.48. The molecule has 112 valence electrons. The molecular formula is C15H18N2O3S. The van der Waals surface area contributed by atoms with Gasteiger partial charge in [-0.05, 0) is 30.2 Å². The van der Waals surface area contributed by atoms with Gasteiger partial charge in [-0.15, -0.1) is 11.3 Å². The summed E-state index contributed by atoms with van der Waals surface area (Å²) in [5, 5.41) is 10.6. The Morgan fingerprint density at radius 3 is 2.76 bits per heavy atom. The molecule has 1 aromatic rings. The fourth-order valence-corrected chi connectivity index (χ4v) is 3.29. The summed E-state index contributed by atoms with van der Waals surface area (Å²) in [4.78, 5) is 25.8. The van der Waals surface area contributed by atoms with E-state index < -0.39 is 0 Å². The lowest BCUT2D eigenvalue weighted by Gasteiger charge is -2.31. The highest BCUT2D eigenvalue weighted by Gasteiger charge is 2.26. The molecule has 3 N–H and O–H groups in total. The van der Waals surface area contributed by atoms with Crippen molar-refractivity contribution in [3.63, 3.8) is 0 Å². The second-order valence-corrected chi connectivity index (χ2v) is 5.95. The molecule has 2 rings (SSSR count). The molecule has 0 unspecified atom stereocenters. The molecule has 0 aromatic carbocycles. The first-order chi connectivity index (χ1) is 10.1. The summed E-state index contributed by atoms with van der Waals surface area (Å²) in [6.45, 7) is 1.06. The largest absolute Gasteiger partial charge is 0.384 e. The third kappa shape index (κ3) is 4.06. The summed E-state index contributed by atoms with van der Waals surface area (Å²) >= 11 is 1.36. The van der Waals surface area contributed by atoms with Crippen LogP contribution >= 0.6 is 11.3 Å². The van der Waals surface area contributed by atoms with Crippen molar-refractivity contribution in [1.82, 2.24) is 4.90 Å². The van der Waals surface area contributed by atoms with Crippen LogP contribution in [0.1, 0.15) is 34.5 Å². The number of amides is 2. The Hall–Kier alpha value is -1.84. The summed E-state index contributed by atoms with van der Waals surface area (Å²) in [7, 11) is 0. The number of likely N-dealkylation sites (tertiary alicyclic amines) is 1. The van der Waals surface area contributed by atoms with Crippen LogP contribution < -0.4 is 5.73 Å². The highest BCUT2D eigenvalue weighted by Crippen LogP contribution is 2.24. The smallest absolute Gasteiger partial charge is 0.265 e. The second-order valence-electron chi connectivity index (χ2n) is 5.03. The Morgan fingerprint density at radius 1 is 1.43 bits per heavy atom. The monoisotopic (exact) mass is 306 g/mol. The standard InChI is InChI=1S/C15H18N2O3S/c16-13(19)10-11-3-6-17(7-4-11)15(20)14-12(2-1-8-18)5-9-21-14/h5,9,11,18H,3-4,6-8,10H2,(H2,16,19). The molecule has 1 aliphatic heterocycles. The van der Waals surface area contributed by atoms with E-state index in [0.29, 0.717) is 30.0 Å². The normalized spacial score (nSPS) is 15.4. The predicted molar refractivity (Wildman–Crippen MR) is 80.7 cm³/mol. The lowest BCUT2D eigenvalue weighted by Crippen LogP contribution is -2.39. The average molecular weight is 306 g/mol. The van der Waals surface area contributed by atoms with Gasteiger partial charge in [0.2, 0.25) is 5.91 Å².